The number of hydrogen-bond acceptors (Lipinski definition) is 6. The summed E-state index contributed by atoms with van der Waals surface area (Å²) in [5, 5.41) is 12.1. The summed E-state index contributed by atoms with van der Waals surface area (Å²) < 4.78 is 8.35. The van der Waals surface area contributed by atoms with Crippen molar-refractivity contribution in [3.05, 3.63) is 34.1 Å². The fourth-order valence-electron chi connectivity index (χ4n) is 2.62. The van der Waals surface area contributed by atoms with Crippen LogP contribution in [0.3, 0.4) is 0 Å². The highest BCUT2D eigenvalue weighted by atomic mass is 79.9. The molecule has 1 saturated heterocycles. The molecule has 1 aromatic carbocycles. The third kappa shape index (κ3) is 5.06. The van der Waals surface area contributed by atoms with E-state index in [1.165, 1.54) is 11.8 Å². The summed E-state index contributed by atoms with van der Waals surface area (Å²) >= 11 is 4.85. The molecule has 0 radical (unpaired) electrons. The van der Waals surface area contributed by atoms with Gasteiger partial charge in [-0.2, -0.15) is 0 Å². The zero-order valence-corrected chi connectivity index (χ0v) is 17.3. The second-order valence-electron chi connectivity index (χ2n) is 6.15. The van der Waals surface area contributed by atoms with Gasteiger partial charge in [0.05, 0.1) is 25.5 Å². The Kier molecular flexibility index (Phi) is 6.68. The van der Waals surface area contributed by atoms with Crippen molar-refractivity contribution in [1.82, 2.24) is 19.7 Å². The summed E-state index contributed by atoms with van der Waals surface area (Å²) in [6.07, 6.45) is 0. The molecule has 1 aromatic heterocycles. The average Bonchev–Trinajstić information content (AvgIpc) is 2.97. The molecule has 1 aliphatic rings. The van der Waals surface area contributed by atoms with Gasteiger partial charge in [0.25, 0.3) is 0 Å². The molecule has 9 heteroatoms. The summed E-state index contributed by atoms with van der Waals surface area (Å²) in [5.74, 6) is 1.13. The first-order chi connectivity index (χ1) is 12.5. The topological polar surface area (TPSA) is 72.3 Å². The Morgan fingerprint density at radius 1 is 1.35 bits per heavy atom. The number of halogens is 1. The normalized spacial score (nSPS) is 15.2. The van der Waals surface area contributed by atoms with Crippen LogP contribution in [0.15, 0.2) is 27.8 Å². The SMILES string of the molecule is Cc1cc(NC(=O)CSc2nnc(CN3CCOCC3)n2C)ccc1Br. The van der Waals surface area contributed by atoms with Crippen LogP contribution in [0.25, 0.3) is 0 Å². The minimum atomic E-state index is -0.0607. The van der Waals surface area contributed by atoms with Crippen molar-refractivity contribution in [2.45, 2.75) is 18.6 Å². The smallest absolute Gasteiger partial charge is 0.234 e. The summed E-state index contributed by atoms with van der Waals surface area (Å²) in [4.78, 5) is 14.5. The molecule has 0 aliphatic carbocycles. The van der Waals surface area contributed by atoms with Crippen LogP contribution >= 0.6 is 27.7 Å². The van der Waals surface area contributed by atoms with E-state index in [2.05, 4.69) is 36.3 Å². The van der Waals surface area contributed by atoms with Gasteiger partial charge in [-0.25, -0.2) is 0 Å². The quantitative estimate of drug-likeness (QED) is 0.696. The van der Waals surface area contributed by atoms with Crippen LogP contribution in [0.5, 0.6) is 0 Å². The molecule has 2 aromatic rings. The lowest BCUT2D eigenvalue weighted by Crippen LogP contribution is -2.36. The molecule has 1 aliphatic heterocycles. The van der Waals surface area contributed by atoms with Crippen molar-refractivity contribution in [2.24, 2.45) is 7.05 Å². The van der Waals surface area contributed by atoms with E-state index in [1.807, 2.05) is 36.7 Å². The number of aromatic nitrogens is 3. The van der Waals surface area contributed by atoms with E-state index in [0.717, 1.165) is 59.6 Å². The minimum absolute atomic E-state index is 0.0607. The second kappa shape index (κ2) is 8.98. The van der Waals surface area contributed by atoms with Crippen molar-refractivity contribution in [1.29, 1.82) is 0 Å². The van der Waals surface area contributed by atoms with Gasteiger partial charge in [0.2, 0.25) is 5.91 Å². The van der Waals surface area contributed by atoms with Crippen LogP contribution in [-0.2, 0) is 23.1 Å². The number of hydrogen-bond donors (Lipinski definition) is 1. The van der Waals surface area contributed by atoms with Gasteiger partial charge in [-0.1, -0.05) is 27.7 Å². The molecule has 1 N–H and O–H groups in total. The maximum Gasteiger partial charge on any atom is 0.234 e. The standard InChI is InChI=1S/C17H22BrN5O2S/c1-12-9-13(3-4-14(12)18)19-16(24)11-26-17-21-20-15(22(17)2)10-23-5-7-25-8-6-23/h3-4,9H,5-8,10-11H2,1-2H3,(H,19,24). The highest BCUT2D eigenvalue weighted by Gasteiger charge is 2.16. The van der Waals surface area contributed by atoms with E-state index in [9.17, 15) is 4.79 Å². The lowest BCUT2D eigenvalue weighted by Gasteiger charge is -2.25. The Labute approximate surface area is 165 Å². The van der Waals surface area contributed by atoms with Crippen molar-refractivity contribution in [2.75, 3.05) is 37.4 Å². The number of anilines is 1. The van der Waals surface area contributed by atoms with Crippen LogP contribution in [0, 0.1) is 6.92 Å². The third-order valence-electron chi connectivity index (χ3n) is 4.17. The monoisotopic (exact) mass is 439 g/mol. The molecule has 0 unspecified atom stereocenters. The molecule has 3 rings (SSSR count). The number of benzene rings is 1. The van der Waals surface area contributed by atoms with Gasteiger partial charge in [0.15, 0.2) is 5.16 Å². The molecule has 1 fully saturated rings. The van der Waals surface area contributed by atoms with Gasteiger partial charge in [-0.3, -0.25) is 9.69 Å². The number of morpholine rings is 1. The van der Waals surface area contributed by atoms with Gasteiger partial charge in [0.1, 0.15) is 5.82 Å². The van der Waals surface area contributed by atoms with E-state index in [-0.39, 0.29) is 5.91 Å². The van der Waals surface area contributed by atoms with Gasteiger partial charge < -0.3 is 14.6 Å². The maximum atomic E-state index is 12.2. The molecule has 1 amide bonds. The Balaban J connectivity index is 1.52. The number of aryl methyl sites for hydroxylation is 1. The van der Waals surface area contributed by atoms with E-state index < -0.39 is 0 Å². The number of rotatable bonds is 6. The minimum Gasteiger partial charge on any atom is -0.379 e. The van der Waals surface area contributed by atoms with E-state index >= 15 is 0 Å². The first-order valence-electron chi connectivity index (χ1n) is 8.40. The van der Waals surface area contributed by atoms with Crippen molar-refractivity contribution < 1.29 is 9.53 Å². The van der Waals surface area contributed by atoms with Gasteiger partial charge in [-0.05, 0) is 30.7 Å². The molecule has 140 valence electrons. The molecular weight excluding hydrogens is 418 g/mol. The first-order valence-corrected chi connectivity index (χ1v) is 10.2. The summed E-state index contributed by atoms with van der Waals surface area (Å²) in [6.45, 7) is 6.07. The van der Waals surface area contributed by atoms with Crippen molar-refractivity contribution in [3.8, 4) is 0 Å². The molecule has 2 heterocycles. The fraction of sp³-hybridized carbons (Fsp3) is 0.471. The van der Waals surface area contributed by atoms with Gasteiger partial charge in [0, 0.05) is 30.3 Å². The van der Waals surface area contributed by atoms with E-state index in [1.54, 1.807) is 0 Å². The van der Waals surface area contributed by atoms with Gasteiger partial charge >= 0.3 is 0 Å². The van der Waals surface area contributed by atoms with Crippen LogP contribution in [-0.4, -0.2) is 57.6 Å². The first kappa shape index (κ1) is 19.3. The summed E-state index contributed by atoms with van der Waals surface area (Å²) in [7, 11) is 1.94. The number of nitrogens with zero attached hydrogens (tertiary/aromatic N) is 4. The molecule has 7 nitrogen and oxygen atoms in total. The molecule has 0 saturated carbocycles. The molecule has 26 heavy (non-hydrogen) atoms. The van der Waals surface area contributed by atoms with Gasteiger partial charge in [-0.15, -0.1) is 10.2 Å². The summed E-state index contributed by atoms with van der Waals surface area (Å²) in [5.41, 5.74) is 1.87. The molecule has 0 bridgehead atoms. The van der Waals surface area contributed by atoms with Crippen LogP contribution < -0.4 is 5.32 Å². The predicted octanol–water partition coefficient (Wildman–Crippen LogP) is 2.45. The average molecular weight is 440 g/mol. The number of ether oxygens (including phenoxy) is 1. The van der Waals surface area contributed by atoms with E-state index in [4.69, 9.17) is 4.74 Å². The lowest BCUT2D eigenvalue weighted by molar-refractivity contribution is -0.113. The number of carbonyl (C=O) groups excluding carboxylic acids is 1. The predicted molar refractivity (Wildman–Crippen MR) is 105 cm³/mol. The van der Waals surface area contributed by atoms with Crippen LogP contribution in [0.2, 0.25) is 0 Å². The van der Waals surface area contributed by atoms with Crippen LogP contribution in [0.1, 0.15) is 11.4 Å². The largest absolute Gasteiger partial charge is 0.379 e. The lowest BCUT2D eigenvalue weighted by atomic mass is 10.2. The third-order valence-corrected chi connectivity index (χ3v) is 6.08. The number of carbonyl (C=O) groups is 1. The molecular formula is C17H22BrN5O2S. The van der Waals surface area contributed by atoms with Crippen molar-refractivity contribution >= 4 is 39.3 Å². The Morgan fingerprint density at radius 2 is 2.12 bits per heavy atom. The fourth-order valence-corrected chi connectivity index (χ4v) is 3.59. The summed E-state index contributed by atoms with van der Waals surface area (Å²) in [6, 6.07) is 5.75. The number of thioether (sulfide) groups is 1. The number of nitrogens with one attached hydrogen (secondary N) is 1. The highest BCUT2D eigenvalue weighted by Crippen LogP contribution is 2.21. The Bertz CT molecular complexity index is 777. The van der Waals surface area contributed by atoms with Crippen molar-refractivity contribution in [3.63, 3.8) is 0 Å². The van der Waals surface area contributed by atoms with E-state index in [0.29, 0.717) is 5.75 Å². The van der Waals surface area contributed by atoms with Crippen LogP contribution in [0.4, 0.5) is 5.69 Å². The zero-order chi connectivity index (χ0) is 18.5. The Morgan fingerprint density at radius 3 is 2.85 bits per heavy atom. The maximum absolute atomic E-state index is 12.2. The zero-order valence-electron chi connectivity index (χ0n) is 14.9. The molecule has 0 atom stereocenters. The number of amides is 1. The Hall–Kier alpha value is -1.42. The second-order valence-corrected chi connectivity index (χ2v) is 7.94. The molecule has 0 spiro atoms. The highest BCUT2D eigenvalue weighted by molar-refractivity contribution is 9.10.